The molecule has 2 heterocycles. The summed E-state index contributed by atoms with van der Waals surface area (Å²) in [5.74, 6) is -2.25. The van der Waals surface area contributed by atoms with Gasteiger partial charge in [0.15, 0.2) is 11.4 Å². The molecule has 0 spiro atoms. The van der Waals surface area contributed by atoms with Gasteiger partial charge in [0.2, 0.25) is 17.7 Å². The molecule has 3 fully saturated rings. The van der Waals surface area contributed by atoms with Crippen molar-refractivity contribution in [2.45, 2.75) is 122 Å². The zero-order chi connectivity index (χ0) is 41.8. The Bertz CT molecular complexity index is 1530. The molecule has 4 rings (SSSR count). The number of epoxide rings is 1. The van der Waals surface area contributed by atoms with E-state index >= 15 is 0 Å². The Kier molecular flexibility index (Phi) is 16.7. The molecule has 0 aromatic heterocycles. The van der Waals surface area contributed by atoms with Crippen LogP contribution in [0.25, 0.3) is 0 Å². The van der Waals surface area contributed by atoms with E-state index in [1.165, 1.54) is 0 Å². The second kappa shape index (κ2) is 20.9. The topological polar surface area (TPSA) is 203 Å². The average molecular weight is 802 g/mol. The van der Waals surface area contributed by atoms with Crippen LogP contribution in [0.3, 0.4) is 0 Å². The van der Waals surface area contributed by atoms with Crippen LogP contribution in [-0.2, 0) is 49.3 Å². The summed E-state index contributed by atoms with van der Waals surface area (Å²) in [6, 6.07) is 2.93. The van der Waals surface area contributed by atoms with Crippen molar-refractivity contribution in [1.29, 1.82) is 0 Å². The number of nitrogens with zero attached hydrogens (tertiary/aromatic N) is 1. The first-order valence-corrected chi connectivity index (χ1v) is 20.2. The number of benzene rings is 1. The Hall–Kier alpha value is -4.28. The number of amides is 4. The maximum atomic E-state index is 14.4. The SMILES string of the molecule is COc1ccc(C[C@H](NC(=O)[C@H](C)NC(=O)CN2CCOCC2)C(=O)N[C@@H](CC2CCCCC2)C(=O)[C@@]2(COC(=O)[C@@H](NC(=O)OC(C)(C)C)C(C)C)CO2)cc1. The van der Waals surface area contributed by atoms with Gasteiger partial charge in [-0.1, -0.05) is 58.1 Å². The van der Waals surface area contributed by atoms with E-state index in [1.807, 2.05) is 4.90 Å². The Morgan fingerprint density at radius 3 is 2.09 bits per heavy atom. The summed E-state index contributed by atoms with van der Waals surface area (Å²) in [5, 5.41) is 11.0. The Balaban J connectivity index is 1.49. The number of ether oxygens (including phenoxy) is 5. The largest absolute Gasteiger partial charge is 0.497 e. The van der Waals surface area contributed by atoms with Crippen LogP contribution in [0.5, 0.6) is 5.75 Å². The van der Waals surface area contributed by atoms with Gasteiger partial charge in [-0.2, -0.15) is 0 Å². The number of Topliss-reactive ketones (excluding diaryl/α,β-unsaturated/α-hetero) is 1. The first-order valence-electron chi connectivity index (χ1n) is 20.2. The molecule has 318 valence electrons. The second-order valence-corrected chi connectivity index (χ2v) is 16.7. The fourth-order valence-electron chi connectivity index (χ4n) is 6.99. The molecule has 1 aliphatic carbocycles. The van der Waals surface area contributed by atoms with Crippen LogP contribution in [0.4, 0.5) is 4.79 Å². The van der Waals surface area contributed by atoms with Crippen LogP contribution in [-0.4, -0.2) is 129 Å². The minimum atomic E-state index is -1.48. The quantitative estimate of drug-likeness (QED) is 0.118. The Labute approximate surface area is 336 Å². The molecule has 0 radical (unpaired) electrons. The van der Waals surface area contributed by atoms with Gasteiger partial charge < -0.3 is 45.0 Å². The number of methoxy groups -OCH3 is 1. The molecule has 2 saturated heterocycles. The molecular weight excluding hydrogens is 738 g/mol. The van der Waals surface area contributed by atoms with Gasteiger partial charge in [0.25, 0.3) is 0 Å². The molecule has 0 unspecified atom stereocenters. The molecule has 3 aliphatic rings. The number of rotatable bonds is 19. The third-order valence-corrected chi connectivity index (χ3v) is 10.4. The number of esters is 1. The van der Waals surface area contributed by atoms with Crippen molar-refractivity contribution >= 4 is 35.6 Å². The molecule has 4 N–H and O–H groups in total. The molecule has 1 saturated carbocycles. The minimum absolute atomic E-state index is 0.0182. The van der Waals surface area contributed by atoms with Crippen molar-refractivity contribution < 1.29 is 52.5 Å². The van der Waals surface area contributed by atoms with E-state index in [-0.39, 0.29) is 37.3 Å². The summed E-state index contributed by atoms with van der Waals surface area (Å²) in [4.78, 5) is 82.7. The highest BCUT2D eigenvalue weighted by atomic mass is 16.6. The Morgan fingerprint density at radius 2 is 1.51 bits per heavy atom. The van der Waals surface area contributed by atoms with Crippen LogP contribution in [0.15, 0.2) is 24.3 Å². The Morgan fingerprint density at radius 1 is 0.877 bits per heavy atom. The number of morpholine rings is 1. The number of carbonyl (C=O) groups excluding carboxylic acids is 6. The lowest BCUT2D eigenvalue weighted by Gasteiger charge is -2.30. The minimum Gasteiger partial charge on any atom is -0.497 e. The number of carbonyl (C=O) groups is 6. The van der Waals surface area contributed by atoms with E-state index in [4.69, 9.17) is 23.7 Å². The molecule has 16 nitrogen and oxygen atoms in total. The molecular formula is C41H63N5O11. The monoisotopic (exact) mass is 801 g/mol. The predicted molar refractivity (Wildman–Crippen MR) is 209 cm³/mol. The van der Waals surface area contributed by atoms with Gasteiger partial charge in [-0.3, -0.25) is 24.1 Å². The summed E-state index contributed by atoms with van der Waals surface area (Å²) in [7, 11) is 1.55. The molecule has 16 heteroatoms. The summed E-state index contributed by atoms with van der Waals surface area (Å²) >= 11 is 0. The van der Waals surface area contributed by atoms with Crippen molar-refractivity contribution in [3.05, 3.63) is 29.8 Å². The highest BCUT2D eigenvalue weighted by Crippen LogP contribution is 2.34. The smallest absolute Gasteiger partial charge is 0.408 e. The standard InChI is InChI=1S/C41H63N5O11/c1-26(2)34(45-39(52)57-40(4,5)6)38(51)55-24-41(25-56-41)35(48)31(21-28-11-9-8-10-12-28)43-37(50)32(22-29-13-15-30(53-7)16-14-29)44-36(49)27(3)42-33(47)23-46-17-19-54-20-18-46/h13-16,26-28,31-32,34H,8-12,17-25H2,1-7H3,(H,42,47)(H,43,50)(H,44,49)(H,45,52)/t27-,31-,32-,34-,41+/m0/s1. The summed E-state index contributed by atoms with van der Waals surface area (Å²) in [6.45, 7) is 12.1. The van der Waals surface area contributed by atoms with E-state index in [2.05, 4.69) is 21.3 Å². The normalized spacial score (nSPS) is 20.9. The highest BCUT2D eigenvalue weighted by molar-refractivity contribution is 5.99. The van der Waals surface area contributed by atoms with Crippen molar-refractivity contribution in [2.24, 2.45) is 11.8 Å². The molecule has 57 heavy (non-hydrogen) atoms. The first kappa shape index (κ1) is 45.4. The summed E-state index contributed by atoms with van der Waals surface area (Å²) < 4.78 is 27.3. The second-order valence-electron chi connectivity index (χ2n) is 16.7. The maximum absolute atomic E-state index is 14.4. The number of nitrogens with one attached hydrogen (secondary N) is 4. The summed E-state index contributed by atoms with van der Waals surface area (Å²) in [6.07, 6.45) is 4.54. The lowest BCUT2D eigenvalue weighted by atomic mass is 9.82. The van der Waals surface area contributed by atoms with E-state index in [0.717, 1.165) is 37.7 Å². The van der Waals surface area contributed by atoms with E-state index in [9.17, 15) is 28.8 Å². The van der Waals surface area contributed by atoms with Crippen LogP contribution < -0.4 is 26.0 Å². The lowest BCUT2D eigenvalue weighted by Crippen LogP contribution is -2.58. The van der Waals surface area contributed by atoms with Crippen LogP contribution in [0.1, 0.15) is 85.6 Å². The predicted octanol–water partition coefficient (Wildman–Crippen LogP) is 2.45. The number of alkyl carbamates (subject to hydrolysis) is 1. The van der Waals surface area contributed by atoms with Gasteiger partial charge in [0.05, 0.1) is 39.5 Å². The van der Waals surface area contributed by atoms with Gasteiger partial charge in [-0.25, -0.2) is 9.59 Å². The van der Waals surface area contributed by atoms with Crippen LogP contribution in [0.2, 0.25) is 0 Å². The van der Waals surface area contributed by atoms with Gasteiger partial charge in [0.1, 0.15) is 36.1 Å². The van der Waals surface area contributed by atoms with E-state index < -0.39 is 71.6 Å². The third kappa shape index (κ3) is 14.6. The molecule has 2 aliphatic heterocycles. The molecule has 4 amide bonds. The van der Waals surface area contributed by atoms with Crippen molar-refractivity contribution in [3.8, 4) is 5.75 Å². The van der Waals surface area contributed by atoms with Gasteiger partial charge >= 0.3 is 12.1 Å². The van der Waals surface area contributed by atoms with Crippen molar-refractivity contribution in [2.75, 3.05) is 53.2 Å². The molecule has 0 bridgehead atoms. The van der Waals surface area contributed by atoms with Gasteiger partial charge in [0, 0.05) is 19.5 Å². The maximum Gasteiger partial charge on any atom is 0.408 e. The van der Waals surface area contributed by atoms with Crippen molar-refractivity contribution in [3.63, 3.8) is 0 Å². The zero-order valence-electron chi connectivity index (χ0n) is 34.6. The fourth-order valence-corrected chi connectivity index (χ4v) is 6.99. The van der Waals surface area contributed by atoms with E-state index in [1.54, 1.807) is 72.9 Å². The van der Waals surface area contributed by atoms with Gasteiger partial charge in [-0.05, 0) is 63.6 Å². The van der Waals surface area contributed by atoms with Gasteiger partial charge in [-0.15, -0.1) is 0 Å². The van der Waals surface area contributed by atoms with E-state index in [0.29, 0.717) is 38.5 Å². The highest BCUT2D eigenvalue weighted by Gasteiger charge is 2.56. The van der Waals surface area contributed by atoms with Crippen LogP contribution in [0, 0.1) is 11.8 Å². The first-order chi connectivity index (χ1) is 27.0. The molecule has 5 atom stereocenters. The summed E-state index contributed by atoms with van der Waals surface area (Å²) in [5.41, 5.74) is -1.53. The number of ketones is 1. The third-order valence-electron chi connectivity index (χ3n) is 10.4. The average Bonchev–Trinajstić information content (AvgIpc) is 3.96. The van der Waals surface area contributed by atoms with Crippen LogP contribution >= 0.6 is 0 Å². The van der Waals surface area contributed by atoms with Crippen molar-refractivity contribution in [1.82, 2.24) is 26.2 Å². The fraction of sp³-hybridized carbons (Fsp3) is 0.707. The zero-order valence-corrected chi connectivity index (χ0v) is 34.6. The number of hydrogen-bond acceptors (Lipinski definition) is 12. The number of hydrogen-bond donors (Lipinski definition) is 4. The molecule has 1 aromatic rings. The lowest BCUT2D eigenvalue weighted by molar-refractivity contribution is -0.151. The molecule has 1 aromatic carbocycles.